The van der Waals surface area contributed by atoms with Gasteiger partial charge in [0.2, 0.25) is 0 Å². The number of nitriles is 1. The van der Waals surface area contributed by atoms with Gasteiger partial charge in [0, 0.05) is 16.8 Å². The van der Waals surface area contributed by atoms with Gasteiger partial charge in [0.25, 0.3) is 0 Å². The third-order valence-electron chi connectivity index (χ3n) is 5.75. The minimum atomic E-state index is -3.10. The number of hydrogen-bond acceptors (Lipinski definition) is 4. The van der Waals surface area contributed by atoms with Crippen molar-refractivity contribution in [3.05, 3.63) is 83.9 Å². The molecular weight excluding hydrogens is 417 g/mol. The Morgan fingerprint density at radius 3 is 1.59 bits per heavy atom. The van der Waals surface area contributed by atoms with Gasteiger partial charge in [0.15, 0.2) is 0 Å². The molecule has 0 aliphatic rings. The first-order valence-corrected chi connectivity index (χ1v) is 12.5. The molecule has 0 unspecified atom stereocenters. The normalized spacial score (nSPS) is 12.6. The highest BCUT2D eigenvalue weighted by Gasteiger charge is 2.32. The summed E-state index contributed by atoms with van der Waals surface area (Å²) in [7, 11) is 0.104. The lowest BCUT2D eigenvalue weighted by Crippen LogP contribution is -2.21. The largest absolute Gasteiger partial charge is 0.497 e. The van der Waals surface area contributed by atoms with Crippen molar-refractivity contribution >= 4 is 17.8 Å². The van der Waals surface area contributed by atoms with Crippen LogP contribution >= 0.6 is 7.14 Å². The van der Waals surface area contributed by atoms with Crippen molar-refractivity contribution in [2.45, 2.75) is 32.1 Å². The molecule has 0 N–H and O–H groups in total. The summed E-state index contributed by atoms with van der Waals surface area (Å²) in [6, 6.07) is 25.1. The van der Waals surface area contributed by atoms with Crippen LogP contribution in [-0.4, -0.2) is 20.4 Å². The predicted molar refractivity (Wildman–Crippen MR) is 131 cm³/mol. The van der Waals surface area contributed by atoms with Crippen LogP contribution in [0.1, 0.15) is 37.8 Å². The number of hydrogen-bond donors (Lipinski definition) is 0. The Morgan fingerprint density at radius 1 is 0.812 bits per heavy atom. The first-order chi connectivity index (χ1) is 15.2. The Kier molecular flexibility index (Phi) is 7.12. The highest BCUT2D eigenvalue weighted by Crippen LogP contribution is 2.47. The second-order valence-corrected chi connectivity index (χ2v) is 11.7. The average Bonchev–Trinajstić information content (AvgIpc) is 2.82. The zero-order chi connectivity index (χ0) is 23.4. The Bertz CT molecular complexity index is 1070. The topological polar surface area (TPSA) is 59.3 Å². The van der Waals surface area contributed by atoms with Crippen LogP contribution < -0.4 is 20.1 Å². The smallest absolute Gasteiger partial charge is 0.144 e. The van der Waals surface area contributed by atoms with Crippen LogP contribution in [0, 0.1) is 11.3 Å². The van der Waals surface area contributed by atoms with E-state index in [1.807, 2.05) is 60.7 Å². The third kappa shape index (κ3) is 5.06. The van der Waals surface area contributed by atoms with Crippen molar-refractivity contribution in [3.63, 3.8) is 0 Å². The van der Waals surface area contributed by atoms with E-state index in [0.29, 0.717) is 22.1 Å². The molecule has 0 spiro atoms. The average molecular weight is 448 g/mol. The maximum atomic E-state index is 14.6. The molecule has 3 aromatic carbocycles. The summed E-state index contributed by atoms with van der Waals surface area (Å²) in [6.07, 6.45) is 0.219. The van der Waals surface area contributed by atoms with Crippen LogP contribution in [0.25, 0.3) is 0 Å². The standard InChI is InChI=1S/C27H30NO3P/c1-27(2,3)22-8-6-20(7-9-22)21(18-28)19-32(29,25-14-10-23(30-4)11-15-25)26-16-12-24(31-5)13-17-26/h6-17,21H,19H2,1-5H3/t21-/m1/s1. The lowest BCUT2D eigenvalue weighted by molar-refractivity contribution is 0.415. The number of methoxy groups -OCH3 is 2. The van der Waals surface area contributed by atoms with Crippen LogP contribution in [-0.2, 0) is 9.98 Å². The monoisotopic (exact) mass is 447 g/mol. The van der Waals surface area contributed by atoms with Crippen molar-refractivity contribution in [3.8, 4) is 17.6 Å². The molecular formula is C27H30NO3P. The van der Waals surface area contributed by atoms with Gasteiger partial charge in [-0.3, -0.25) is 0 Å². The van der Waals surface area contributed by atoms with E-state index in [1.54, 1.807) is 14.2 Å². The van der Waals surface area contributed by atoms with Crippen molar-refractivity contribution < 1.29 is 14.0 Å². The summed E-state index contributed by atoms with van der Waals surface area (Å²) in [5.74, 6) is 0.897. The molecule has 0 aromatic heterocycles. The van der Waals surface area contributed by atoms with Gasteiger partial charge < -0.3 is 14.0 Å². The Balaban J connectivity index is 2.03. The molecule has 0 aliphatic heterocycles. The van der Waals surface area contributed by atoms with Gasteiger partial charge in [-0.2, -0.15) is 5.26 Å². The highest BCUT2D eigenvalue weighted by molar-refractivity contribution is 7.78. The summed E-state index contributed by atoms with van der Waals surface area (Å²) in [5.41, 5.74) is 2.11. The maximum absolute atomic E-state index is 14.6. The fourth-order valence-corrected chi connectivity index (χ4v) is 6.49. The maximum Gasteiger partial charge on any atom is 0.144 e. The molecule has 0 saturated heterocycles. The summed E-state index contributed by atoms with van der Waals surface area (Å²) in [5, 5.41) is 11.4. The van der Waals surface area contributed by atoms with E-state index in [-0.39, 0.29) is 11.6 Å². The van der Waals surface area contributed by atoms with Crippen molar-refractivity contribution in [2.75, 3.05) is 20.4 Å². The van der Waals surface area contributed by atoms with E-state index in [2.05, 4.69) is 39.0 Å². The van der Waals surface area contributed by atoms with Gasteiger partial charge in [-0.1, -0.05) is 45.0 Å². The van der Waals surface area contributed by atoms with Gasteiger partial charge in [-0.15, -0.1) is 0 Å². The van der Waals surface area contributed by atoms with Crippen molar-refractivity contribution in [1.29, 1.82) is 5.26 Å². The Labute approximate surface area is 191 Å². The molecule has 0 aliphatic carbocycles. The summed E-state index contributed by atoms with van der Waals surface area (Å²) >= 11 is 0. The van der Waals surface area contributed by atoms with E-state index in [1.165, 1.54) is 5.56 Å². The summed E-state index contributed by atoms with van der Waals surface area (Å²) < 4.78 is 25.1. The molecule has 0 heterocycles. The van der Waals surface area contributed by atoms with Gasteiger partial charge in [0.05, 0.1) is 26.2 Å². The molecule has 4 nitrogen and oxygen atoms in total. The van der Waals surface area contributed by atoms with Crippen LogP contribution in [0.15, 0.2) is 72.8 Å². The first-order valence-electron chi connectivity index (χ1n) is 10.6. The molecule has 0 amide bonds. The van der Waals surface area contributed by atoms with E-state index >= 15 is 0 Å². The van der Waals surface area contributed by atoms with Crippen LogP contribution in [0.3, 0.4) is 0 Å². The highest BCUT2D eigenvalue weighted by atomic mass is 31.2. The molecule has 0 saturated carbocycles. The number of nitrogens with zero attached hydrogens (tertiary/aromatic N) is 1. The first kappa shape index (κ1) is 23.6. The molecule has 0 bridgehead atoms. The second kappa shape index (κ2) is 9.63. The fraction of sp³-hybridized carbons (Fsp3) is 0.296. The minimum absolute atomic E-state index is 0.0299. The van der Waals surface area contributed by atoms with Gasteiger partial charge >= 0.3 is 0 Å². The molecule has 166 valence electrons. The number of rotatable bonds is 7. The number of benzene rings is 3. The zero-order valence-electron chi connectivity index (χ0n) is 19.3. The Morgan fingerprint density at radius 2 is 1.25 bits per heavy atom. The van der Waals surface area contributed by atoms with Crippen LogP contribution in [0.4, 0.5) is 0 Å². The molecule has 3 aromatic rings. The SMILES string of the molecule is COc1ccc(P(=O)(C[C@@H](C#N)c2ccc(C(C)(C)C)cc2)c2ccc(OC)cc2)cc1. The van der Waals surface area contributed by atoms with Gasteiger partial charge in [-0.05, 0) is 65.1 Å². The van der Waals surface area contributed by atoms with E-state index in [9.17, 15) is 9.83 Å². The van der Waals surface area contributed by atoms with E-state index in [0.717, 1.165) is 5.56 Å². The zero-order valence-corrected chi connectivity index (χ0v) is 20.2. The third-order valence-corrected chi connectivity index (χ3v) is 8.90. The predicted octanol–water partition coefficient (Wildman–Crippen LogP) is 5.62. The molecule has 5 heteroatoms. The van der Waals surface area contributed by atoms with Crippen LogP contribution in [0.2, 0.25) is 0 Å². The van der Waals surface area contributed by atoms with E-state index in [4.69, 9.17) is 9.47 Å². The quantitative estimate of drug-likeness (QED) is 0.441. The molecule has 0 radical (unpaired) electrons. The van der Waals surface area contributed by atoms with Gasteiger partial charge in [0.1, 0.15) is 18.6 Å². The van der Waals surface area contributed by atoms with Gasteiger partial charge in [-0.25, -0.2) is 0 Å². The fourth-order valence-electron chi connectivity index (χ4n) is 3.70. The van der Waals surface area contributed by atoms with Crippen molar-refractivity contribution in [2.24, 2.45) is 0 Å². The molecule has 3 rings (SSSR count). The van der Waals surface area contributed by atoms with Crippen LogP contribution in [0.5, 0.6) is 11.5 Å². The summed E-state index contributed by atoms with van der Waals surface area (Å²) in [6.45, 7) is 6.47. The molecule has 32 heavy (non-hydrogen) atoms. The van der Waals surface area contributed by atoms with Crippen molar-refractivity contribution in [1.82, 2.24) is 0 Å². The second-order valence-electron chi connectivity index (χ2n) is 8.87. The lowest BCUT2D eigenvalue weighted by Gasteiger charge is -2.23. The number of ether oxygens (including phenoxy) is 2. The van der Waals surface area contributed by atoms with E-state index < -0.39 is 13.1 Å². The molecule has 1 atom stereocenters. The summed E-state index contributed by atoms with van der Waals surface area (Å²) in [4.78, 5) is 0. The molecule has 0 fully saturated rings. The minimum Gasteiger partial charge on any atom is -0.497 e. The Hall–Kier alpha value is -3.02. The lowest BCUT2D eigenvalue weighted by atomic mass is 9.86.